The number of carbonyl (C=O) groups excluding carboxylic acids is 1. The summed E-state index contributed by atoms with van der Waals surface area (Å²) < 4.78 is 6.54. The van der Waals surface area contributed by atoms with Gasteiger partial charge < -0.3 is 4.74 Å². The van der Waals surface area contributed by atoms with Crippen LogP contribution in [0.1, 0.15) is 32.3 Å². The number of hydrogen-bond acceptors (Lipinski definition) is 6. The van der Waals surface area contributed by atoms with E-state index in [0.717, 1.165) is 34.2 Å². The average Bonchev–Trinajstić information content (AvgIpc) is 3.04. The number of benzene rings is 1. The molecule has 2 aromatic rings. The summed E-state index contributed by atoms with van der Waals surface area (Å²) in [5.41, 5.74) is 0.873. The lowest BCUT2D eigenvalue weighted by Gasteiger charge is -2.07. The second-order valence-electron chi connectivity index (χ2n) is 4.93. The Morgan fingerprint density at radius 3 is 2.92 bits per heavy atom. The van der Waals surface area contributed by atoms with Crippen LogP contribution < -0.4 is 10.1 Å². The summed E-state index contributed by atoms with van der Waals surface area (Å²) in [6.07, 6.45) is 5.24. The molecule has 0 saturated carbocycles. The van der Waals surface area contributed by atoms with Gasteiger partial charge in [-0.25, -0.2) is 0 Å². The van der Waals surface area contributed by atoms with E-state index in [2.05, 4.69) is 29.4 Å². The highest BCUT2D eigenvalue weighted by Gasteiger charge is 2.07. The van der Waals surface area contributed by atoms with E-state index < -0.39 is 0 Å². The Labute approximate surface area is 150 Å². The van der Waals surface area contributed by atoms with Gasteiger partial charge in [0.25, 0.3) is 0 Å². The minimum absolute atomic E-state index is 0.233. The molecule has 0 radical (unpaired) electrons. The highest BCUT2D eigenvalue weighted by atomic mass is 32.2. The SMILES string of the molecule is CCCOc1ccccc1/C=C/C(=O)Nc1nnc(SCCC)s1. The third kappa shape index (κ3) is 5.98. The van der Waals surface area contributed by atoms with Crippen molar-refractivity contribution in [3.8, 4) is 5.75 Å². The maximum Gasteiger partial charge on any atom is 0.250 e. The van der Waals surface area contributed by atoms with Gasteiger partial charge in [-0.1, -0.05) is 55.1 Å². The molecule has 24 heavy (non-hydrogen) atoms. The van der Waals surface area contributed by atoms with E-state index in [1.165, 1.54) is 17.4 Å². The zero-order chi connectivity index (χ0) is 17.2. The minimum Gasteiger partial charge on any atom is -0.493 e. The molecule has 0 aliphatic heterocycles. The number of ether oxygens (including phenoxy) is 1. The van der Waals surface area contributed by atoms with Crippen LogP contribution in [0.25, 0.3) is 6.08 Å². The molecule has 0 bridgehead atoms. The fraction of sp³-hybridized carbons (Fsp3) is 0.353. The molecule has 0 unspecified atom stereocenters. The summed E-state index contributed by atoms with van der Waals surface area (Å²) >= 11 is 3.03. The highest BCUT2D eigenvalue weighted by molar-refractivity contribution is 8.01. The number of para-hydroxylation sites is 1. The number of hydrogen-bond donors (Lipinski definition) is 1. The second kappa shape index (κ2) is 10.1. The standard InChI is InChI=1S/C17H21N3O2S2/c1-3-11-22-14-8-6-5-7-13(14)9-10-15(21)18-16-19-20-17(24-16)23-12-4-2/h5-10H,3-4,11-12H2,1-2H3,(H,18,19,21)/b10-9+. The minimum atomic E-state index is -0.233. The van der Waals surface area contributed by atoms with Gasteiger partial charge in [-0.15, -0.1) is 10.2 Å². The fourth-order valence-electron chi connectivity index (χ4n) is 1.78. The van der Waals surface area contributed by atoms with Crippen molar-refractivity contribution in [2.75, 3.05) is 17.7 Å². The molecule has 0 fully saturated rings. The van der Waals surface area contributed by atoms with Crippen molar-refractivity contribution in [3.05, 3.63) is 35.9 Å². The molecule has 7 heteroatoms. The van der Waals surface area contributed by atoms with E-state index in [-0.39, 0.29) is 5.91 Å². The normalized spacial score (nSPS) is 10.9. The van der Waals surface area contributed by atoms with Crippen LogP contribution in [0.3, 0.4) is 0 Å². The molecule has 0 atom stereocenters. The summed E-state index contributed by atoms with van der Waals surface area (Å²) in [6.45, 7) is 4.82. The number of nitrogens with one attached hydrogen (secondary N) is 1. The van der Waals surface area contributed by atoms with Crippen LogP contribution in [-0.2, 0) is 4.79 Å². The molecule has 1 heterocycles. The summed E-state index contributed by atoms with van der Waals surface area (Å²) in [5, 5.41) is 11.3. The molecule has 2 rings (SSSR count). The van der Waals surface area contributed by atoms with Gasteiger partial charge >= 0.3 is 0 Å². The number of nitrogens with zero attached hydrogens (tertiary/aromatic N) is 2. The summed E-state index contributed by atoms with van der Waals surface area (Å²) in [6, 6.07) is 7.64. The van der Waals surface area contributed by atoms with Gasteiger partial charge in [0.2, 0.25) is 11.0 Å². The first-order chi connectivity index (χ1) is 11.7. The van der Waals surface area contributed by atoms with E-state index >= 15 is 0 Å². The topological polar surface area (TPSA) is 64.1 Å². The second-order valence-corrected chi connectivity index (χ2v) is 7.25. The Morgan fingerprint density at radius 2 is 2.12 bits per heavy atom. The Balaban J connectivity index is 1.94. The smallest absolute Gasteiger partial charge is 0.250 e. The zero-order valence-electron chi connectivity index (χ0n) is 13.8. The Kier molecular flexibility index (Phi) is 7.77. The fourth-order valence-corrected chi connectivity index (χ4v) is 3.46. The van der Waals surface area contributed by atoms with Crippen molar-refractivity contribution < 1.29 is 9.53 Å². The molecule has 5 nitrogen and oxygen atoms in total. The maximum absolute atomic E-state index is 12.0. The van der Waals surface area contributed by atoms with E-state index in [1.54, 1.807) is 17.8 Å². The van der Waals surface area contributed by atoms with Crippen LogP contribution in [0.4, 0.5) is 5.13 Å². The summed E-state index contributed by atoms with van der Waals surface area (Å²) in [5.74, 6) is 1.54. The quantitative estimate of drug-likeness (QED) is 0.404. The van der Waals surface area contributed by atoms with Crippen molar-refractivity contribution in [1.29, 1.82) is 0 Å². The van der Waals surface area contributed by atoms with E-state index in [0.29, 0.717) is 11.7 Å². The third-order valence-electron chi connectivity index (χ3n) is 2.86. The number of carbonyl (C=O) groups is 1. The molecular weight excluding hydrogens is 342 g/mol. The molecule has 128 valence electrons. The Morgan fingerprint density at radius 1 is 1.29 bits per heavy atom. The third-order valence-corrected chi connectivity index (χ3v) is 5.04. The van der Waals surface area contributed by atoms with Crippen molar-refractivity contribution in [2.45, 2.75) is 31.0 Å². The average molecular weight is 364 g/mol. The number of amides is 1. The maximum atomic E-state index is 12.0. The lowest BCUT2D eigenvalue weighted by Crippen LogP contribution is -2.07. The van der Waals surface area contributed by atoms with Gasteiger partial charge in [0.1, 0.15) is 5.75 Å². The molecule has 0 spiro atoms. The predicted octanol–water partition coefficient (Wildman–Crippen LogP) is 4.48. The zero-order valence-corrected chi connectivity index (χ0v) is 15.5. The Bertz CT molecular complexity index is 686. The van der Waals surface area contributed by atoms with Crippen LogP contribution >= 0.6 is 23.1 Å². The largest absolute Gasteiger partial charge is 0.493 e. The first kappa shape index (κ1) is 18.5. The molecule has 1 amide bonds. The summed E-state index contributed by atoms with van der Waals surface area (Å²) in [4.78, 5) is 12.0. The molecule has 1 aromatic heterocycles. The first-order valence-corrected chi connectivity index (χ1v) is 9.70. The molecule has 1 N–H and O–H groups in total. The number of rotatable bonds is 9. The van der Waals surface area contributed by atoms with Gasteiger partial charge in [-0.05, 0) is 25.0 Å². The molecule has 1 aromatic carbocycles. The lowest BCUT2D eigenvalue weighted by molar-refractivity contribution is -0.111. The lowest BCUT2D eigenvalue weighted by atomic mass is 10.2. The highest BCUT2D eigenvalue weighted by Crippen LogP contribution is 2.26. The van der Waals surface area contributed by atoms with E-state index in [9.17, 15) is 4.79 Å². The van der Waals surface area contributed by atoms with Crippen LogP contribution in [0.15, 0.2) is 34.7 Å². The van der Waals surface area contributed by atoms with Crippen LogP contribution in [0.5, 0.6) is 5.75 Å². The summed E-state index contributed by atoms with van der Waals surface area (Å²) in [7, 11) is 0. The van der Waals surface area contributed by atoms with Crippen molar-refractivity contribution >= 4 is 40.2 Å². The molecule has 0 aliphatic rings. The van der Waals surface area contributed by atoms with Gasteiger partial charge in [0.15, 0.2) is 4.34 Å². The van der Waals surface area contributed by atoms with Gasteiger partial charge in [0, 0.05) is 17.4 Å². The monoisotopic (exact) mass is 363 g/mol. The van der Waals surface area contributed by atoms with Crippen molar-refractivity contribution in [3.63, 3.8) is 0 Å². The predicted molar refractivity (Wildman–Crippen MR) is 101 cm³/mol. The van der Waals surface area contributed by atoms with Crippen LogP contribution in [0.2, 0.25) is 0 Å². The first-order valence-electron chi connectivity index (χ1n) is 7.90. The van der Waals surface area contributed by atoms with Crippen LogP contribution in [0, 0.1) is 0 Å². The molecule has 0 aliphatic carbocycles. The number of aromatic nitrogens is 2. The molecular formula is C17H21N3O2S2. The van der Waals surface area contributed by atoms with Crippen molar-refractivity contribution in [1.82, 2.24) is 10.2 Å². The molecule has 0 saturated heterocycles. The van der Waals surface area contributed by atoms with Gasteiger partial charge in [-0.2, -0.15) is 0 Å². The van der Waals surface area contributed by atoms with Gasteiger partial charge in [-0.3, -0.25) is 10.1 Å². The number of thioether (sulfide) groups is 1. The number of anilines is 1. The Hall–Kier alpha value is -1.86. The van der Waals surface area contributed by atoms with E-state index in [1.807, 2.05) is 24.3 Å². The van der Waals surface area contributed by atoms with Crippen molar-refractivity contribution in [2.24, 2.45) is 0 Å². The van der Waals surface area contributed by atoms with E-state index in [4.69, 9.17) is 4.74 Å². The van der Waals surface area contributed by atoms with Crippen LogP contribution in [-0.4, -0.2) is 28.5 Å². The van der Waals surface area contributed by atoms with Gasteiger partial charge in [0.05, 0.1) is 6.61 Å².